The Hall–Kier alpha value is -4.43. The minimum Gasteiger partial charge on any atom is -1.00 e. The van der Waals surface area contributed by atoms with E-state index in [4.69, 9.17) is 9.47 Å². The van der Waals surface area contributed by atoms with Crippen LogP contribution in [0.4, 0.5) is 0 Å². The van der Waals surface area contributed by atoms with Gasteiger partial charge in [0.15, 0.2) is 0 Å². The highest BCUT2D eigenvalue weighted by atomic mass is 79.9. The number of hydrogen-bond donors (Lipinski definition) is 0. The number of methoxy groups -OCH3 is 2. The first kappa shape index (κ1) is 42.3. The van der Waals surface area contributed by atoms with E-state index in [1.165, 1.54) is 38.2 Å². The first-order chi connectivity index (χ1) is 25.7. The molecule has 4 heteroatoms. The first-order valence-corrected chi connectivity index (χ1v) is 20.8. The van der Waals surface area contributed by atoms with Crippen LogP contribution in [0.1, 0.15) is 49.9 Å². The fourth-order valence-electron chi connectivity index (χ4n) is 6.75. The SMILES string of the molecule is COc1ccc(CC=CC(C)Cc2ccc(C(C)(C)C)cc2)cc1.COc1ccc(CC[P+](c2ccccc2)(c2ccccc2)c2ccccc2)cc1.[Br-]. The van der Waals surface area contributed by atoms with Crippen LogP contribution in [0.15, 0.2) is 176 Å². The molecule has 0 aromatic heterocycles. The fourth-order valence-corrected chi connectivity index (χ4v) is 11.1. The van der Waals surface area contributed by atoms with Crippen LogP contribution >= 0.6 is 7.26 Å². The average Bonchev–Trinajstić information content (AvgIpc) is 3.20. The van der Waals surface area contributed by atoms with Crippen LogP contribution in [-0.4, -0.2) is 20.4 Å². The van der Waals surface area contributed by atoms with Crippen molar-refractivity contribution in [1.29, 1.82) is 0 Å². The predicted octanol–water partition coefficient (Wildman–Crippen LogP) is 8.21. The second kappa shape index (κ2) is 20.9. The molecule has 2 nitrogen and oxygen atoms in total. The van der Waals surface area contributed by atoms with Crippen molar-refractivity contribution in [3.05, 3.63) is 198 Å². The van der Waals surface area contributed by atoms with Gasteiger partial charge in [-0.15, -0.1) is 0 Å². The maximum atomic E-state index is 5.33. The predicted molar refractivity (Wildman–Crippen MR) is 231 cm³/mol. The lowest BCUT2D eigenvalue weighted by atomic mass is 9.86. The third-order valence-electron chi connectivity index (χ3n) is 9.84. The van der Waals surface area contributed by atoms with E-state index in [-0.39, 0.29) is 22.4 Å². The Morgan fingerprint density at radius 2 is 0.944 bits per heavy atom. The van der Waals surface area contributed by atoms with Gasteiger partial charge in [0.25, 0.3) is 0 Å². The maximum Gasteiger partial charge on any atom is 0.118 e. The van der Waals surface area contributed by atoms with Crippen molar-refractivity contribution in [3.8, 4) is 11.5 Å². The van der Waals surface area contributed by atoms with E-state index in [0.29, 0.717) is 5.92 Å². The Morgan fingerprint density at radius 1 is 0.537 bits per heavy atom. The molecule has 0 amide bonds. The molecule has 0 radical (unpaired) electrons. The van der Waals surface area contributed by atoms with Gasteiger partial charge in [-0.2, -0.15) is 0 Å². The highest BCUT2D eigenvalue weighted by Crippen LogP contribution is 2.55. The van der Waals surface area contributed by atoms with Crippen LogP contribution in [0.2, 0.25) is 0 Å². The van der Waals surface area contributed by atoms with Gasteiger partial charge in [0.1, 0.15) is 34.7 Å². The monoisotopic (exact) mass is 798 g/mol. The van der Waals surface area contributed by atoms with Gasteiger partial charge >= 0.3 is 0 Å². The van der Waals surface area contributed by atoms with Crippen molar-refractivity contribution in [2.45, 2.75) is 52.4 Å². The largest absolute Gasteiger partial charge is 1.00 e. The van der Waals surface area contributed by atoms with Gasteiger partial charge in [0, 0.05) is 6.42 Å². The van der Waals surface area contributed by atoms with Crippen LogP contribution in [-0.2, 0) is 24.7 Å². The lowest BCUT2D eigenvalue weighted by molar-refractivity contribution is -0.0000117. The number of hydrogen-bond acceptors (Lipinski definition) is 2. The minimum absolute atomic E-state index is 0. The second-order valence-electron chi connectivity index (χ2n) is 14.7. The van der Waals surface area contributed by atoms with Gasteiger partial charge < -0.3 is 26.5 Å². The third kappa shape index (κ3) is 11.8. The molecule has 6 aromatic carbocycles. The van der Waals surface area contributed by atoms with Gasteiger partial charge in [-0.1, -0.05) is 143 Å². The number of rotatable bonds is 13. The Kier molecular flexibility index (Phi) is 16.4. The van der Waals surface area contributed by atoms with E-state index < -0.39 is 7.26 Å². The molecule has 0 aliphatic carbocycles. The van der Waals surface area contributed by atoms with Crippen LogP contribution in [0, 0.1) is 5.92 Å². The van der Waals surface area contributed by atoms with Gasteiger partial charge in [-0.05, 0) is 107 Å². The molecule has 54 heavy (non-hydrogen) atoms. The highest BCUT2D eigenvalue weighted by Gasteiger charge is 2.44. The zero-order valence-corrected chi connectivity index (χ0v) is 35.3. The fraction of sp³-hybridized carbons (Fsp3) is 0.240. The second-order valence-corrected chi connectivity index (χ2v) is 18.4. The normalized spacial score (nSPS) is 11.9. The van der Waals surface area contributed by atoms with Crippen LogP contribution in [0.25, 0.3) is 0 Å². The maximum absolute atomic E-state index is 5.33. The smallest absolute Gasteiger partial charge is 0.118 e. The van der Waals surface area contributed by atoms with Gasteiger partial charge in [0.2, 0.25) is 0 Å². The van der Waals surface area contributed by atoms with E-state index in [1.54, 1.807) is 14.2 Å². The standard InChI is InChI=1S/C27H26OP.C23H30O.BrH/c1-28-24-19-17-23(18-20-24)21-22-29(25-11-5-2-6-12-25,26-13-7-3-8-14-26)27-15-9-4-10-16-27;1-18(7-6-8-19-11-15-22(24-5)16-12-19)17-20-9-13-21(14-10-20)23(2,3)4;/h2-20H,21-22H2,1H3;6-7,9-16,18H,8,17H2,1-5H3;1H/q+1;;/p-1. The summed E-state index contributed by atoms with van der Waals surface area (Å²) in [5.41, 5.74) is 5.69. The summed E-state index contributed by atoms with van der Waals surface area (Å²) < 4.78 is 10.5. The minimum atomic E-state index is -1.77. The molecule has 0 fully saturated rings. The molecule has 6 rings (SSSR count). The molecule has 0 saturated heterocycles. The van der Waals surface area contributed by atoms with Crippen molar-refractivity contribution in [1.82, 2.24) is 0 Å². The Bertz CT molecular complexity index is 1850. The molecule has 0 saturated carbocycles. The number of benzene rings is 6. The molecule has 0 aliphatic heterocycles. The van der Waals surface area contributed by atoms with Crippen molar-refractivity contribution in [2.24, 2.45) is 5.92 Å². The lowest BCUT2D eigenvalue weighted by Gasteiger charge is -2.27. The molecule has 0 aliphatic rings. The molecule has 0 N–H and O–H groups in total. The quantitative estimate of drug-likeness (QED) is 0.0867. The van der Waals surface area contributed by atoms with Crippen molar-refractivity contribution < 1.29 is 26.5 Å². The molecule has 0 bridgehead atoms. The molecule has 1 unspecified atom stereocenters. The van der Waals surface area contributed by atoms with Crippen molar-refractivity contribution >= 4 is 23.2 Å². The van der Waals surface area contributed by atoms with E-state index in [9.17, 15) is 0 Å². The summed E-state index contributed by atoms with van der Waals surface area (Å²) in [5.74, 6) is 2.36. The molecule has 1 atom stereocenters. The molecular formula is C50H56BrO2P. The molecule has 0 heterocycles. The summed E-state index contributed by atoms with van der Waals surface area (Å²) in [4.78, 5) is 0. The average molecular weight is 800 g/mol. The third-order valence-corrected chi connectivity index (χ3v) is 14.3. The number of ether oxygens (including phenoxy) is 2. The topological polar surface area (TPSA) is 18.5 Å². The van der Waals surface area contributed by atoms with Crippen molar-refractivity contribution in [3.63, 3.8) is 0 Å². The summed E-state index contributed by atoms with van der Waals surface area (Å²) in [7, 11) is 1.64. The van der Waals surface area contributed by atoms with Gasteiger partial charge in [-0.3, -0.25) is 0 Å². The summed E-state index contributed by atoms with van der Waals surface area (Å²) >= 11 is 0. The summed E-state index contributed by atoms with van der Waals surface area (Å²) in [6.07, 6.45) is 8.77. The Balaban J connectivity index is 0.000000241. The molecule has 0 spiro atoms. The molecule has 280 valence electrons. The zero-order chi connectivity index (χ0) is 37.5. The molecular weight excluding hydrogens is 743 g/mol. The lowest BCUT2D eigenvalue weighted by Crippen LogP contribution is -3.00. The number of allylic oxidation sites excluding steroid dienone is 2. The molecule has 6 aromatic rings. The van der Waals surface area contributed by atoms with E-state index in [1.807, 2.05) is 12.1 Å². The Morgan fingerprint density at radius 3 is 1.35 bits per heavy atom. The Labute approximate surface area is 336 Å². The number of aryl methyl sites for hydroxylation is 1. The van der Waals surface area contributed by atoms with E-state index in [2.05, 4.69) is 192 Å². The van der Waals surface area contributed by atoms with E-state index >= 15 is 0 Å². The first-order valence-electron chi connectivity index (χ1n) is 18.8. The summed E-state index contributed by atoms with van der Waals surface area (Å²) in [6.45, 7) is 9.05. The van der Waals surface area contributed by atoms with Gasteiger partial charge in [-0.25, -0.2) is 0 Å². The van der Waals surface area contributed by atoms with Crippen LogP contribution < -0.4 is 42.4 Å². The van der Waals surface area contributed by atoms with Gasteiger partial charge in [0.05, 0.1) is 20.4 Å². The summed E-state index contributed by atoms with van der Waals surface area (Å²) in [6, 6.07) is 59.0. The van der Waals surface area contributed by atoms with Crippen molar-refractivity contribution in [2.75, 3.05) is 20.4 Å². The van der Waals surface area contributed by atoms with Crippen LogP contribution in [0.3, 0.4) is 0 Å². The number of halogens is 1. The zero-order valence-electron chi connectivity index (χ0n) is 32.8. The highest BCUT2D eigenvalue weighted by molar-refractivity contribution is 7.95. The summed E-state index contributed by atoms with van der Waals surface area (Å²) in [5, 5.41) is 4.31. The van der Waals surface area contributed by atoms with E-state index in [0.717, 1.165) is 36.9 Å². The van der Waals surface area contributed by atoms with Crippen LogP contribution in [0.5, 0.6) is 11.5 Å².